The normalized spacial score (nSPS) is 18.9. The van der Waals surface area contributed by atoms with E-state index in [1.807, 2.05) is 17.9 Å². The van der Waals surface area contributed by atoms with Gasteiger partial charge in [-0.05, 0) is 37.8 Å². The summed E-state index contributed by atoms with van der Waals surface area (Å²) in [6.45, 7) is 3.02. The highest BCUT2D eigenvalue weighted by atomic mass is 15.3. The van der Waals surface area contributed by atoms with E-state index in [1.165, 1.54) is 28.9 Å². The minimum absolute atomic E-state index is 0.227. The molecule has 96 valence electrons. The Labute approximate surface area is 107 Å². The van der Waals surface area contributed by atoms with Gasteiger partial charge in [0.25, 0.3) is 0 Å². The predicted molar refractivity (Wildman–Crippen MR) is 71.3 cm³/mol. The molecule has 0 saturated carbocycles. The molecular formula is C14H20N4. The Kier molecular flexibility index (Phi) is 2.74. The monoisotopic (exact) mass is 244 g/mol. The molecule has 4 heteroatoms. The average Bonchev–Trinajstić information content (AvgIpc) is 2.90. The summed E-state index contributed by atoms with van der Waals surface area (Å²) in [5.41, 5.74) is 11.4. The van der Waals surface area contributed by atoms with E-state index in [-0.39, 0.29) is 6.04 Å². The molecule has 1 aliphatic rings. The number of aromatic nitrogens is 3. The van der Waals surface area contributed by atoms with Crippen molar-refractivity contribution in [3.05, 3.63) is 41.0 Å². The molecule has 0 radical (unpaired) electrons. The Balaban J connectivity index is 1.92. The number of hydrogen-bond acceptors (Lipinski definition) is 2. The minimum atomic E-state index is 0.227. The largest absolute Gasteiger partial charge is 0.347 e. The van der Waals surface area contributed by atoms with Crippen molar-refractivity contribution in [2.45, 2.75) is 38.8 Å². The second-order valence-corrected chi connectivity index (χ2v) is 5.22. The summed E-state index contributed by atoms with van der Waals surface area (Å²) in [5, 5.41) is 4.30. The average molecular weight is 244 g/mol. The standard InChI is InChI=1S/C14H20N4/c1-10-11(8-16-17(10)2)9-18-7-6-12-13(15)4-3-5-14(12)18/h6-8,13H,3-5,9,15H2,1-2H3. The van der Waals surface area contributed by atoms with E-state index >= 15 is 0 Å². The van der Waals surface area contributed by atoms with Gasteiger partial charge in [-0.3, -0.25) is 4.68 Å². The Hall–Kier alpha value is -1.55. The van der Waals surface area contributed by atoms with E-state index in [9.17, 15) is 0 Å². The molecule has 0 fully saturated rings. The molecule has 0 spiro atoms. The van der Waals surface area contributed by atoms with Crippen molar-refractivity contribution in [2.24, 2.45) is 12.8 Å². The van der Waals surface area contributed by atoms with Gasteiger partial charge in [0.1, 0.15) is 0 Å². The van der Waals surface area contributed by atoms with Crippen LogP contribution in [0.5, 0.6) is 0 Å². The van der Waals surface area contributed by atoms with Crippen molar-refractivity contribution < 1.29 is 0 Å². The lowest BCUT2D eigenvalue weighted by Crippen LogP contribution is -2.18. The Morgan fingerprint density at radius 3 is 3.06 bits per heavy atom. The fourth-order valence-electron chi connectivity index (χ4n) is 2.82. The fraction of sp³-hybridized carbons (Fsp3) is 0.500. The summed E-state index contributed by atoms with van der Waals surface area (Å²) in [6, 6.07) is 2.41. The first-order valence-electron chi connectivity index (χ1n) is 6.58. The second kappa shape index (κ2) is 4.28. The van der Waals surface area contributed by atoms with Crippen molar-refractivity contribution >= 4 is 0 Å². The SMILES string of the molecule is Cc1c(Cn2ccc3c2CCCC3N)cnn1C. The number of nitrogens with zero attached hydrogens (tertiary/aromatic N) is 3. The summed E-state index contributed by atoms with van der Waals surface area (Å²) in [4.78, 5) is 0. The van der Waals surface area contributed by atoms with Crippen LogP contribution < -0.4 is 5.73 Å². The molecule has 2 N–H and O–H groups in total. The van der Waals surface area contributed by atoms with Crippen LogP contribution in [-0.4, -0.2) is 14.3 Å². The van der Waals surface area contributed by atoms with Gasteiger partial charge in [0.15, 0.2) is 0 Å². The van der Waals surface area contributed by atoms with Crippen LogP contribution in [0.25, 0.3) is 0 Å². The molecule has 0 saturated heterocycles. The molecule has 3 rings (SSSR count). The molecule has 4 nitrogen and oxygen atoms in total. The first kappa shape index (κ1) is 11.5. The van der Waals surface area contributed by atoms with E-state index in [4.69, 9.17) is 5.73 Å². The molecule has 1 unspecified atom stereocenters. The van der Waals surface area contributed by atoms with Crippen LogP contribution in [0.3, 0.4) is 0 Å². The topological polar surface area (TPSA) is 48.8 Å². The smallest absolute Gasteiger partial charge is 0.0542 e. The van der Waals surface area contributed by atoms with Gasteiger partial charge in [0, 0.05) is 36.2 Å². The molecule has 1 atom stereocenters. The lowest BCUT2D eigenvalue weighted by atomic mass is 9.93. The minimum Gasteiger partial charge on any atom is -0.347 e. The van der Waals surface area contributed by atoms with Crippen LogP contribution >= 0.6 is 0 Å². The zero-order chi connectivity index (χ0) is 12.7. The lowest BCUT2D eigenvalue weighted by Gasteiger charge is -2.20. The maximum atomic E-state index is 6.16. The van der Waals surface area contributed by atoms with Gasteiger partial charge in [0.2, 0.25) is 0 Å². The van der Waals surface area contributed by atoms with Crippen LogP contribution in [0.4, 0.5) is 0 Å². The van der Waals surface area contributed by atoms with Crippen molar-refractivity contribution in [3.8, 4) is 0 Å². The van der Waals surface area contributed by atoms with E-state index in [2.05, 4.69) is 28.9 Å². The number of rotatable bonds is 2. The quantitative estimate of drug-likeness (QED) is 0.877. The molecule has 0 amide bonds. The van der Waals surface area contributed by atoms with Gasteiger partial charge in [-0.15, -0.1) is 0 Å². The highest BCUT2D eigenvalue weighted by Crippen LogP contribution is 2.29. The number of nitrogens with two attached hydrogens (primary N) is 1. The van der Waals surface area contributed by atoms with E-state index in [0.29, 0.717) is 0 Å². The third kappa shape index (κ3) is 1.77. The van der Waals surface area contributed by atoms with Crippen molar-refractivity contribution in [1.82, 2.24) is 14.3 Å². The first-order valence-corrected chi connectivity index (χ1v) is 6.58. The maximum absolute atomic E-state index is 6.16. The van der Waals surface area contributed by atoms with Gasteiger partial charge in [-0.2, -0.15) is 5.10 Å². The lowest BCUT2D eigenvalue weighted by molar-refractivity contribution is 0.547. The van der Waals surface area contributed by atoms with Crippen LogP contribution in [0.1, 0.15) is 41.4 Å². The summed E-state index contributed by atoms with van der Waals surface area (Å²) in [6.07, 6.45) is 7.59. The summed E-state index contributed by atoms with van der Waals surface area (Å²) in [7, 11) is 1.99. The molecule has 2 aromatic heterocycles. The summed E-state index contributed by atoms with van der Waals surface area (Å²) in [5.74, 6) is 0. The number of aryl methyl sites for hydroxylation is 1. The van der Waals surface area contributed by atoms with Crippen LogP contribution in [0.2, 0.25) is 0 Å². The maximum Gasteiger partial charge on any atom is 0.0542 e. The molecule has 0 bridgehead atoms. The van der Waals surface area contributed by atoms with Crippen LogP contribution in [0, 0.1) is 6.92 Å². The third-order valence-corrected chi connectivity index (χ3v) is 4.12. The van der Waals surface area contributed by atoms with Crippen LogP contribution in [0.15, 0.2) is 18.5 Å². The zero-order valence-electron chi connectivity index (χ0n) is 11.1. The van der Waals surface area contributed by atoms with Gasteiger partial charge >= 0.3 is 0 Å². The highest BCUT2D eigenvalue weighted by molar-refractivity contribution is 5.30. The van der Waals surface area contributed by atoms with Gasteiger partial charge in [-0.1, -0.05) is 0 Å². The van der Waals surface area contributed by atoms with Gasteiger partial charge in [0.05, 0.1) is 12.7 Å². The number of hydrogen-bond donors (Lipinski definition) is 1. The first-order chi connectivity index (χ1) is 8.66. The van der Waals surface area contributed by atoms with E-state index in [1.54, 1.807) is 0 Å². The Morgan fingerprint density at radius 1 is 1.50 bits per heavy atom. The molecule has 2 aromatic rings. The third-order valence-electron chi connectivity index (χ3n) is 4.12. The summed E-state index contributed by atoms with van der Waals surface area (Å²) >= 11 is 0. The molecule has 1 aliphatic carbocycles. The number of fused-ring (bicyclic) bond motifs is 1. The molecular weight excluding hydrogens is 224 g/mol. The Bertz CT molecular complexity index is 564. The van der Waals surface area contributed by atoms with Crippen molar-refractivity contribution in [3.63, 3.8) is 0 Å². The molecule has 0 aliphatic heterocycles. The van der Waals surface area contributed by atoms with Gasteiger partial charge in [-0.25, -0.2) is 0 Å². The predicted octanol–water partition coefficient (Wildman–Crippen LogP) is 1.91. The van der Waals surface area contributed by atoms with Crippen LogP contribution in [-0.2, 0) is 20.0 Å². The van der Waals surface area contributed by atoms with Crippen molar-refractivity contribution in [1.29, 1.82) is 0 Å². The summed E-state index contributed by atoms with van der Waals surface area (Å²) < 4.78 is 4.26. The second-order valence-electron chi connectivity index (χ2n) is 5.22. The van der Waals surface area contributed by atoms with Crippen molar-refractivity contribution in [2.75, 3.05) is 0 Å². The van der Waals surface area contributed by atoms with E-state index in [0.717, 1.165) is 19.4 Å². The van der Waals surface area contributed by atoms with Gasteiger partial charge < -0.3 is 10.3 Å². The molecule has 2 heterocycles. The fourth-order valence-corrected chi connectivity index (χ4v) is 2.82. The zero-order valence-corrected chi connectivity index (χ0v) is 11.1. The highest BCUT2D eigenvalue weighted by Gasteiger charge is 2.20. The molecule has 0 aromatic carbocycles. The van der Waals surface area contributed by atoms with E-state index < -0.39 is 0 Å². The Morgan fingerprint density at radius 2 is 2.33 bits per heavy atom. The molecule has 18 heavy (non-hydrogen) atoms.